The van der Waals surface area contributed by atoms with Crippen LogP contribution < -0.4 is 0 Å². The number of aromatic nitrogens is 2. The molecule has 0 bridgehead atoms. The average molecular weight is 279 g/mol. The lowest BCUT2D eigenvalue weighted by Crippen LogP contribution is -2.00. The summed E-state index contributed by atoms with van der Waals surface area (Å²) in [7, 11) is 0. The van der Waals surface area contributed by atoms with Crippen molar-refractivity contribution in [3.8, 4) is 0 Å². The maximum absolute atomic E-state index is 4.64. The maximum Gasteiger partial charge on any atom is 0.107 e. The van der Waals surface area contributed by atoms with E-state index in [1.54, 1.807) is 0 Å². The third-order valence-corrected chi connectivity index (χ3v) is 3.94. The Labute approximate surface area is 104 Å². The summed E-state index contributed by atoms with van der Waals surface area (Å²) in [4.78, 5) is 8.06. The van der Waals surface area contributed by atoms with Gasteiger partial charge in [-0.15, -0.1) is 0 Å². The third kappa shape index (κ3) is 2.01. The van der Waals surface area contributed by atoms with E-state index in [9.17, 15) is 0 Å². The molecule has 84 valence electrons. The topological polar surface area (TPSA) is 28.7 Å². The fourth-order valence-electron chi connectivity index (χ4n) is 2.62. The molecule has 1 aromatic heterocycles. The van der Waals surface area contributed by atoms with Crippen molar-refractivity contribution in [2.75, 3.05) is 0 Å². The van der Waals surface area contributed by atoms with Crippen molar-refractivity contribution in [3.63, 3.8) is 0 Å². The number of nitrogens with zero attached hydrogens (tertiary/aromatic N) is 1. The SMILES string of the molecule is Brc1ccc2nc(CC3CCCC3)[nH]c2c1. The summed E-state index contributed by atoms with van der Waals surface area (Å²) in [6.07, 6.45) is 6.67. The fourth-order valence-corrected chi connectivity index (χ4v) is 2.98. The molecular weight excluding hydrogens is 264 g/mol. The first-order valence-electron chi connectivity index (χ1n) is 5.95. The van der Waals surface area contributed by atoms with Gasteiger partial charge in [0.25, 0.3) is 0 Å². The number of hydrogen-bond acceptors (Lipinski definition) is 1. The van der Waals surface area contributed by atoms with Crippen molar-refractivity contribution in [1.82, 2.24) is 9.97 Å². The van der Waals surface area contributed by atoms with Crippen LogP contribution in [0.2, 0.25) is 0 Å². The Morgan fingerprint density at radius 1 is 1.31 bits per heavy atom. The lowest BCUT2D eigenvalue weighted by Gasteiger charge is -2.04. The maximum atomic E-state index is 4.64. The number of imidazole rings is 1. The number of rotatable bonds is 2. The molecule has 3 heteroatoms. The first-order valence-corrected chi connectivity index (χ1v) is 6.75. The van der Waals surface area contributed by atoms with Crippen LogP contribution in [0, 0.1) is 5.92 Å². The zero-order valence-electron chi connectivity index (χ0n) is 9.17. The van der Waals surface area contributed by atoms with Gasteiger partial charge >= 0.3 is 0 Å². The number of aromatic amines is 1. The standard InChI is InChI=1S/C13H15BrN2/c14-10-5-6-11-12(8-10)16-13(15-11)7-9-3-1-2-4-9/h5-6,8-9H,1-4,7H2,(H,15,16). The van der Waals surface area contributed by atoms with Crippen LogP contribution in [0.1, 0.15) is 31.5 Å². The molecule has 1 heterocycles. The summed E-state index contributed by atoms with van der Waals surface area (Å²) in [5, 5.41) is 0. The Kier molecular flexibility index (Phi) is 2.72. The van der Waals surface area contributed by atoms with Crippen molar-refractivity contribution in [1.29, 1.82) is 0 Å². The lowest BCUT2D eigenvalue weighted by molar-refractivity contribution is 0.534. The molecule has 2 aromatic rings. The molecule has 0 saturated heterocycles. The molecule has 1 aliphatic carbocycles. The number of H-pyrrole nitrogens is 1. The summed E-state index contributed by atoms with van der Waals surface area (Å²) < 4.78 is 1.11. The summed E-state index contributed by atoms with van der Waals surface area (Å²) in [6.45, 7) is 0. The van der Waals surface area contributed by atoms with Gasteiger partial charge in [0.05, 0.1) is 11.0 Å². The highest BCUT2D eigenvalue weighted by molar-refractivity contribution is 9.10. The molecule has 0 unspecified atom stereocenters. The van der Waals surface area contributed by atoms with Crippen LogP contribution in [0.5, 0.6) is 0 Å². The average Bonchev–Trinajstić information content (AvgIpc) is 2.86. The minimum absolute atomic E-state index is 0.851. The minimum Gasteiger partial charge on any atom is -0.342 e. The van der Waals surface area contributed by atoms with Crippen molar-refractivity contribution in [2.45, 2.75) is 32.1 Å². The molecule has 16 heavy (non-hydrogen) atoms. The van der Waals surface area contributed by atoms with Gasteiger partial charge in [-0.2, -0.15) is 0 Å². The molecule has 3 rings (SSSR count). The van der Waals surface area contributed by atoms with Crippen molar-refractivity contribution < 1.29 is 0 Å². The summed E-state index contributed by atoms with van der Waals surface area (Å²) in [5.41, 5.74) is 2.22. The van der Waals surface area contributed by atoms with E-state index < -0.39 is 0 Å². The van der Waals surface area contributed by atoms with Crippen LogP contribution in [-0.4, -0.2) is 9.97 Å². The third-order valence-electron chi connectivity index (χ3n) is 3.45. The van der Waals surface area contributed by atoms with Crippen LogP contribution in [0.4, 0.5) is 0 Å². The second-order valence-corrected chi connectivity index (χ2v) is 5.62. The van der Waals surface area contributed by atoms with Gasteiger partial charge in [0, 0.05) is 10.9 Å². The Morgan fingerprint density at radius 3 is 2.94 bits per heavy atom. The Balaban J connectivity index is 1.86. The highest BCUT2D eigenvalue weighted by Crippen LogP contribution is 2.28. The number of benzene rings is 1. The molecule has 0 amide bonds. The summed E-state index contributed by atoms with van der Waals surface area (Å²) in [5.74, 6) is 2.00. The van der Waals surface area contributed by atoms with Crippen LogP contribution in [0.25, 0.3) is 11.0 Å². The summed E-state index contributed by atoms with van der Waals surface area (Å²) >= 11 is 3.48. The van der Waals surface area contributed by atoms with Gasteiger partial charge < -0.3 is 4.98 Å². The molecule has 0 aliphatic heterocycles. The van der Waals surface area contributed by atoms with Gasteiger partial charge in [0.1, 0.15) is 5.82 Å². The molecule has 0 radical (unpaired) electrons. The minimum atomic E-state index is 0.851. The molecule has 0 atom stereocenters. The van der Waals surface area contributed by atoms with E-state index in [1.165, 1.54) is 25.7 Å². The molecule has 1 saturated carbocycles. The van der Waals surface area contributed by atoms with Crippen LogP contribution in [0.3, 0.4) is 0 Å². The van der Waals surface area contributed by atoms with E-state index in [-0.39, 0.29) is 0 Å². The monoisotopic (exact) mass is 278 g/mol. The van der Waals surface area contributed by atoms with E-state index in [1.807, 2.05) is 6.07 Å². The predicted octanol–water partition coefficient (Wildman–Crippen LogP) is 4.06. The highest BCUT2D eigenvalue weighted by atomic mass is 79.9. The first kappa shape index (κ1) is 10.3. The van der Waals surface area contributed by atoms with E-state index in [4.69, 9.17) is 0 Å². The fraction of sp³-hybridized carbons (Fsp3) is 0.462. The quantitative estimate of drug-likeness (QED) is 0.882. The second kappa shape index (κ2) is 4.21. The van der Waals surface area contributed by atoms with Crippen molar-refractivity contribution >= 4 is 27.0 Å². The number of hydrogen-bond donors (Lipinski definition) is 1. The van der Waals surface area contributed by atoms with Gasteiger partial charge in [0.2, 0.25) is 0 Å². The summed E-state index contributed by atoms with van der Waals surface area (Å²) in [6, 6.07) is 6.21. The Bertz CT molecular complexity index is 498. The van der Waals surface area contributed by atoms with Crippen LogP contribution >= 0.6 is 15.9 Å². The van der Waals surface area contributed by atoms with E-state index in [0.717, 1.165) is 33.7 Å². The van der Waals surface area contributed by atoms with Gasteiger partial charge in [-0.25, -0.2) is 4.98 Å². The van der Waals surface area contributed by atoms with Gasteiger partial charge in [-0.3, -0.25) is 0 Å². The van der Waals surface area contributed by atoms with E-state index in [0.29, 0.717) is 0 Å². The molecular formula is C13H15BrN2. The molecule has 1 aliphatic rings. The Morgan fingerprint density at radius 2 is 2.12 bits per heavy atom. The van der Waals surface area contributed by atoms with Gasteiger partial charge in [-0.1, -0.05) is 41.6 Å². The molecule has 0 spiro atoms. The van der Waals surface area contributed by atoms with Crippen LogP contribution in [-0.2, 0) is 6.42 Å². The molecule has 1 fully saturated rings. The van der Waals surface area contributed by atoms with Crippen molar-refractivity contribution in [2.24, 2.45) is 5.92 Å². The lowest BCUT2D eigenvalue weighted by atomic mass is 10.0. The smallest absolute Gasteiger partial charge is 0.107 e. The number of halogens is 1. The molecule has 2 nitrogen and oxygen atoms in total. The highest BCUT2D eigenvalue weighted by Gasteiger charge is 2.17. The Hall–Kier alpha value is -0.830. The number of fused-ring (bicyclic) bond motifs is 1. The van der Waals surface area contributed by atoms with E-state index >= 15 is 0 Å². The van der Waals surface area contributed by atoms with Crippen molar-refractivity contribution in [3.05, 3.63) is 28.5 Å². The zero-order chi connectivity index (χ0) is 11.0. The first-order chi connectivity index (χ1) is 7.81. The van der Waals surface area contributed by atoms with Gasteiger partial charge in [-0.05, 0) is 24.1 Å². The largest absolute Gasteiger partial charge is 0.342 e. The number of nitrogens with one attached hydrogen (secondary N) is 1. The predicted molar refractivity (Wildman–Crippen MR) is 69.5 cm³/mol. The zero-order valence-corrected chi connectivity index (χ0v) is 10.8. The molecule has 1 N–H and O–H groups in total. The van der Waals surface area contributed by atoms with E-state index in [2.05, 4.69) is 38.0 Å². The normalized spacial score (nSPS) is 17.3. The second-order valence-electron chi connectivity index (χ2n) is 4.70. The van der Waals surface area contributed by atoms with Crippen LogP contribution in [0.15, 0.2) is 22.7 Å². The van der Waals surface area contributed by atoms with Gasteiger partial charge in [0.15, 0.2) is 0 Å². The molecule has 1 aromatic carbocycles.